The van der Waals surface area contributed by atoms with Crippen LogP contribution in [0.3, 0.4) is 0 Å². The Balaban J connectivity index is 0.00000264. The number of carbonyl (C=O) groups excluding carboxylic acids is 1. The Labute approximate surface area is 167 Å². The van der Waals surface area contributed by atoms with Crippen LogP contribution in [0.15, 0.2) is 20.9 Å². The van der Waals surface area contributed by atoms with Crippen molar-refractivity contribution in [2.75, 3.05) is 26.7 Å². The van der Waals surface area contributed by atoms with Crippen LogP contribution in [0.2, 0.25) is 0 Å². The van der Waals surface area contributed by atoms with E-state index in [1.807, 2.05) is 0 Å². The van der Waals surface area contributed by atoms with Gasteiger partial charge < -0.3 is 15.0 Å². The van der Waals surface area contributed by atoms with Gasteiger partial charge in [0.15, 0.2) is 5.96 Å². The van der Waals surface area contributed by atoms with E-state index >= 15 is 0 Å². The topological polar surface area (TPSA) is 53.9 Å². The third kappa shape index (κ3) is 6.22. The molecule has 130 valence electrons. The number of piperidine rings is 1. The molecule has 1 aliphatic rings. The fourth-order valence-corrected chi connectivity index (χ4v) is 3.88. The van der Waals surface area contributed by atoms with Gasteiger partial charge in [-0.05, 0) is 41.8 Å². The minimum absolute atomic E-state index is 0. The van der Waals surface area contributed by atoms with Crippen LogP contribution in [0.25, 0.3) is 0 Å². The third-order valence-electron chi connectivity index (χ3n) is 3.67. The molecule has 2 heterocycles. The molecule has 0 saturated carbocycles. The SMILES string of the molecule is CCNC(=NCc1cc(Br)cs1)N1CCC(C(=O)OC)CC1.I. The highest BCUT2D eigenvalue weighted by atomic mass is 127. The molecule has 1 saturated heterocycles. The summed E-state index contributed by atoms with van der Waals surface area (Å²) >= 11 is 5.17. The van der Waals surface area contributed by atoms with Crippen LogP contribution in [-0.2, 0) is 16.1 Å². The van der Waals surface area contributed by atoms with E-state index in [-0.39, 0.29) is 35.9 Å². The van der Waals surface area contributed by atoms with Crippen LogP contribution in [0.4, 0.5) is 0 Å². The van der Waals surface area contributed by atoms with Gasteiger partial charge >= 0.3 is 5.97 Å². The van der Waals surface area contributed by atoms with Gasteiger partial charge in [0.2, 0.25) is 0 Å². The molecular formula is C15H23BrIN3O2S. The Hall–Kier alpha value is -0.350. The molecule has 1 aromatic heterocycles. The summed E-state index contributed by atoms with van der Waals surface area (Å²) in [5.74, 6) is 0.859. The Kier molecular flexibility index (Phi) is 9.45. The van der Waals surface area contributed by atoms with Crippen LogP contribution in [0.1, 0.15) is 24.6 Å². The van der Waals surface area contributed by atoms with Crippen molar-refractivity contribution in [3.05, 3.63) is 20.8 Å². The van der Waals surface area contributed by atoms with E-state index in [0.717, 1.165) is 42.9 Å². The van der Waals surface area contributed by atoms with Crippen molar-refractivity contribution in [2.45, 2.75) is 26.3 Å². The number of methoxy groups -OCH3 is 1. The molecule has 0 bridgehead atoms. The quantitative estimate of drug-likeness (QED) is 0.289. The van der Waals surface area contributed by atoms with Gasteiger partial charge in [-0.15, -0.1) is 35.3 Å². The summed E-state index contributed by atoms with van der Waals surface area (Å²) in [4.78, 5) is 19.8. The zero-order chi connectivity index (χ0) is 15.9. The van der Waals surface area contributed by atoms with E-state index < -0.39 is 0 Å². The molecule has 0 amide bonds. The minimum atomic E-state index is -0.0926. The number of nitrogens with zero attached hydrogens (tertiary/aromatic N) is 2. The monoisotopic (exact) mass is 515 g/mol. The molecular weight excluding hydrogens is 493 g/mol. The zero-order valence-corrected chi connectivity index (χ0v) is 18.1. The van der Waals surface area contributed by atoms with Crippen molar-refractivity contribution in [1.82, 2.24) is 10.2 Å². The second kappa shape index (κ2) is 10.5. The lowest BCUT2D eigenvalue weighted by Crippen LogP contribution is -2.46. The molecule has 0 unspecified atom stereocenters. The maximum absolute atomic E-state index is 11.6. The molecule has 0 spiro atoms. The second-order valence-electron chi connectivity index (χ2n) is 5.19. The first kappa shape index (κ1) is 20.7. The molecule has 0 atom stereocenters. The normalized spacial score (nSPS) is 16.0. The Bertz CT molecular complexity index is 531. The number of likely N-dealkylation sites (tertiary alicyclic amines) is 1. The molecule has 5 nitrogen and oxygen atoms in total. The molecule has 1 aromatic rings. The van der Waals surface area contributed by atoms with Gasteiger partial charge in [0.25, 0.3) is 0 Å². The predicted octanol–water partition coefficient (Wildman–Crippen LogP) is 3.48. The Morgan fingerprint density at radius 2 is 2.22 bits per heavy atom. The molecule has 1 fully saturated rings. The number of nitrogens with one attached hydrogen (secondary N) is 1. The van der Waals surface area contributed by atoms with E-state index in [4.69, 9.17) is 9.73 Å². The summed E-state index contributed by atoms with van der Waals surface area (Å²) < 4.78 is 5.94. The predicted molar refractivity (Wildman–Crippen MR) is 109 cm³/mol. The smallest absolute Gasteiger partial charge is 0.308 e. The van der Waals surface area contributed by atoms with Crippen molar-refractivity contribution in [3.63, 3.8) is 0 Å². The van der Waals surface area contributed by atoms with Gasteiger partial charge in [0.05, 0.1) is 19.6 Å². The van der Waals surface area contributed by atoms with Crippen molar-refractivity contribution in [3.8, 4) is 0 Å². The zero-order valence-electron chi connectivity index (χ0n) is 13.4. The molecule has 0 radical (unpaired) electrons. The van der Waals surface area contributed by atoms with Crippen LogP contribution in [0.5, 0.6) is 0 Å². The van der Waals surface area contributed by atoms with Crippen molar-refractivity contribution in [2.24, 2.45) is 10.9 Å². The largest absolute Gasteiger partial charge is 0.469 e. The number of halogens is 2. The van der Waals surface area contributed by atoms with Crippen molar-refractivity contribution in [1.29, 1.82) is 0 Å². The number of esters is 1. The highest BCUT2D eigenvalue weighted by Crippen LogP contribution is 2.21. The average molecular weight is 516 g/mol. The highest BCUT2D eigenvalue weighted by molar-refractivity contribution is 14.0. The molecule has 23 heavy (non-hydrogen) atoms. The number of thiophene rings is 1. The third-order valence-corrected chi connectivity index (χ3v) is 5.35. The molecule has 0 aliphatic carbocycles. The van der Waals surface area contributed by atoms with Gasteiger partial charge in [-0.25, -0.2) is 4.99 Å². The van der Waals surface area contributed by atoms with Crippen LogP contribution in [0, 0.1) is 5.92 Å². The van der Waals surface area contributed by atoms with Gasteiger partial charge in [-0.2, -0.15) is 0 Å². The van der Waals surface area contributed by atoms with Crippen molar-refractivity contribution >= 4 is 63.2 Å². The van der Waals surface area contributed by atoms with E-state index in [1.165, 1.54) is 12.0 Å². The fraction of sp³-hybridized carbons (Fsp3) is 0.600. The number of aliphatic imine (C=N–C) groups is 1. The number of hydrogen-bond acceptors (Lipinski definition) is 4. The van der Waals surface area contributed by atoms with Crippen LogP contribution < -0.4 is 5.32 Å². The van der Waals surface area contributed by atoms with Crippen molar-refractivity contribution < 1.29 is 9.53 Å². The lowest BCUT2D eigenvalue weighted by molar-refractivity contribution is -0.146. The Morgan fingerprint density at radius 1 is 1.52 bits per heavy atom. The van der Waals surface area contributed by atoms with Gasteiger partial charge in [-0.3, -0.25) is 4.79 Å². The first-order chi connectivity index (χ1) is 10.6. The minimum Gasteiger partial charge on any atom is -0.469 e. The Morgan fingerprint density at radius 3 is 2.74 bits per heavy atom. The summed E-state index contributed by atoms with van der Waals surface area (Å²) in [5, 5.41) is 5.41. The first-order valence-electron chi connectivity index (χ1n) is 7.48. The number of ether oxygens (including phenoxy) is 1. The number of hydrogen-bond donors (Lipinski definition) is 1. The maximum Gasteiger partial charge on any atom is 0.308 e. The molecule has 1 N–H and O–H groups in total. The lowest BCUT2D eigenvalue weighted by atomic mass is 9.97. The maximum atomic E-state index is 11.6. The van der Waals surface area contributed by atoms with Gasteiger partial charge in [0.1, 0.15) is 0 Å². The highest BCUT2D eigenvalue weighted by Gasteiger charge is 2.26. The molecule has 1 aliphatic heterocycles. The van der Waals surface area contributed by atoms with E-state index in [2.05, 4.69) is 44.5 Å². The summed E-state index contributed by atoms with van der Waals surface area (Å²) in [6.45, 7) is 5.25. The van der Waals surface area contributed by atoms with Gasteiger partial charge in [0, 0.05) is 34.4 Å². The van der Waals surface area contributed by atoms with E-state index in [0.29, 0.717) is 6.54 Å². The summed E-state index contributed by atoms with van der Waals surface area (Å²) in [6.07, 6.45) is 1.64. The number of rotatable bonds is 4. The van der Waals surface area contributed by atoms with Crippen LogP contribution >= 0.6 is 51.2 Å². The van der Waals surface area contributed by atoms with Crippen LogP contribution in [-0.4, -0.2) is 43.6 Å². The second-order valence-corrected chi connectivity index (χ2v) is 7.10. The van der Waals surface area contributed by atoms with E-state index in [1.54, 1.807) is 11.3 Å². The summed E-state index contributed by atoms with van der Waals surface area (Å²) in [6, 6.07) is 2.10. The average Bonchev–Trinajstić information content (AvgIpc) is 2.96. The molecule has 2 rings (SSSR count). The van der Waals surface area contributed by atoms with E-state index in [9.17, 15) is 4.79 Å². The molecule has 8 heteroatoms. The standard InChI is InChI=1S/C15H22BrN3O2S.HI/c1-3-17-15(18-9-13-8-12(16)10-22-13)19-6-4-11(5-7-19)14(20)21-2;/h8,10-11H,3-7,9H2,1-2H3,(H,17,18);1H. The number of guanidine groups is 1. The summed E-state index contributed by atoms with van der Waals surface area (Å²) in [7, 11) is 1.46. The number of carbonyl (C=O) groups is 1. The first-order valence-corrected chi connectivity index (χ1v) is 9.15. The summed E-state index contributed by atoms with van der Waals surface area (Å²) in [5.41, 5.74) is 0. The fourth-order valence-electron chi connectivity index (χ4n) is 2.51. The lowest BCUT2D eigenvalue weighted by Gasteiger charge is -2.33. The molecule has 0 aromatic carbocycles. The van der Waals surface area contributed by atoms with Gasteiger partial charge in [-0.1, -0.05) is 0 Å².